The zero-order valence-corrected chi connectivity index (χ0v) is 10.1. The van der Waals surface area contributed by atoms with Crippen molar-refractivity contribution >= 4 is 27.5 Å². The summed E-state index contributed by atoms with van der Waals surface area (Å²) in [6.45, 7) is 2.18. The lowest BCUT2D eigenvalue weighted by Crippen LogP contribution is -1.91. The lowest BCUT2D eigenvalue weighted by molar-refractivity contribution is 0.699. The van der Waals surface area contributed by atoms with Gasteiger partial charge in [0.1, 0.15) is 0 Å². The lowest BCUT2D eigenvalue weighted by Gasteiger charge is -2.10. The Kier molecular flexibility index (Phi) is 4.82. The second kappa shape index (κ2) is 5.66. The number of hydrogen-bond acceptors (Lipinski definition) is 0. The fourth-order valence-electron chi connectivity index (χ4n) is 1.27. The fraction of sp³-hybridized carbons (Fsp3) is 0.455. The van der Waals surface area contributed by atoms with E-state index in [9.17, 15) is 0 Å². The third-order valence-electron chi connectivity index (χ3n) is 2.05. The fourth-order valence-corrected chi connectivity index (χ4v) is 2.31. The number of alkyl halides is 1. The van der Waals surface area contributed by atoms with Gasteiger partial charge in [0, 0.05) is 4.47 Å². The zero-order valence-electron chi connectivity index (χ0n) is 7.76. The Morgan fingerprint density at radius 1 is 1.38 bits per heavy atom. The van der Waals surface area contributed by atoms with E-state index in [0.717, 1.165) is 10.9 Å². The van der Waals surface area contributed by atoms with Crippen LogP contribution in [0.25, 0.3) is 0 Å². The first-order chi connectivity index (χ1) is 6.25. The van der Waals surface area contributed by atoms with E-state index in [2.05, 4.69) is 28.9 Å². The molecule has 0 spiro atoms. The third kappa shape index (κ3) is 3.32. The van der Waals surface area contributed by atoms with Crippen LogP contribution in [-0.4, -0.2) is 0 Å². The van der Waals surface area contributed by atoms with E-state index in [0.29, 0.717) is 0 Å². The Bertz CT molecular complexity index is 260. The van der Waals surface area contributed by atoms with E-state index in [1.54, 1.807) is 0 Å². The van der Waals surface area contributed by atoms with Gasteiger partial charge in [0.15, 0.2) is 0 Å². The van der Waals surface area contributed by atoms with Gasteiger partial charge in [0.25, 0.3) is 0 Å². The number of unbranched alkanes of at least 4 members (excludes halogenated alkanes) is 1. The van der Waals surface area contributed by atoms with Crippen LogP contribution >= 0.6 is 27.5 Å². The van der Waals surface area contributed by atoms with E-state index in [-0.39, 0.29) is 5.38 Å². The summed E-state index contributed by atoms with van der Waals surface area (Å²) in [6.07, 6.45) is 3.45. The Balaban J connectivity index is 2.65. The second-order valence-corrected chi connectivity index (χ2v) is 4.51. The molecule has 0 radical (unpaired) electrons. The molecule has 0 nitrogen and oxygen atoms in total. The van der Waals surface area contributed by atoms with Gasteiger partial charge in [-0.25, -0.2) is 0 Å². The molecule has 0 fully saturated rings. The summed E-state index contributed by atoms with van der Waals surface area (Å²) in [5.41, 5.74) is 1.21. The van der Waals surface area contributed by atoms with Crippen molar-refractivity contribution in [2.24, 2.45) is 0 Å². The maximum Gasteiger partial charge on any atom is 0.0596 e. The first kappa shape index (κ1) is 11.1. The standard InChI is InChI=1S/C11H14BrCl/c1-2-3-8-11(13)9-6-4-5-7-10(9)12/h4-7,11H,2-3,8H2,1H3. The first-order valence-corrected chi connectivity index (χ1v) is 5.87. The van der Waals surface area contributed by atoms with Crippen LogP contribution < -0.4 is 0 Å². The number of rotatable bonds is 4. The average Bonchev–Trinajstić information content (AvgIpc) is 2.15. The van der Waals surface area contributed by atoms with Crippen LogP contribution in [0.2, 0.25) is 0 Å². The van der Waals surface area contributed by atoms with Crippen molar-refractivity contribution in [3.63, 3.8) is 0 Å². The topological polar surface area (TPSA) is 0 Å². The molecule has 0 aromatic heterocycles. The van der Waals surface area contributed by atoms with Crippen molar-refractivity contribution in [1.29, 1.82) is 0 Å². The summed E-state index contributed by atoms with van der Waals surface area (Å²) in [4.78, 5) is 0. The number of hydrogen-bond donors (Lipinski definition) is 0. The monoisotopic (exact) mass is 260 g/mol. The van der Waals surface area contributed by atoms with Crippen molar-refractivity contribution in [3.05, 3.63) is 34.3 Å². The highest BCUT2D eigenvalue weighted by molar-refractivity contribution is 9.10. The molecule has 0 amide bonds. The van der Waals surface area contributed by atoms with Crippen LogP contribution in [0.4, 0.5) is 0 Å². The molecule has 0 bridgehead atoms. The maximum atomic E-state index is 6.26. The van der Waals surface area contributed by atoms with Gasteiger partial charge in [-0.05, 0) is 18.1 Å². The van der Waals surface area contributed by atoms with Gasteiger partial charge in [-0.1, -0.05) is 53.9 Å². The molecular formula is C11H14BrCl. The summed E-state index contributed by atoms with van der Waals surface area (Å²) in [5, 5.41) is 0.149. The molecule has 13 heavy (non-hydrogen) atoms. The lowest BCUT2D eigenvalue weighted by atomic mass is 10.1. The van der Waals surface area contributed by atoms with Gasteiger partial charge in [-0.3, -0.25) is 0 Å². The molecule has 0 aliphatic heterocycles. The summed E-state index contributed by atoms with van der Waals surface area (Å²) in [5.74, 6) is 0. The molecule has 1 rings (SSSR count). The van der Waals surface area contributed by atoms with E-state index in [4.69, 9.17) is 11.6 Å². The van der Waals surface area contributed by atoms with Gasteiger partial charge in [0.2, 0.25) is 0 Å². The van der Waals surface area contributed by atoms with Crippen molar-refractivity contribution in [2.75, 3.05) is 0 Å². The molecule has 0 N–H and O–H groups in total. The first-order valence-electron chi connectivity index (χ1n) is 4.64. The van der Waals surface area contributed by atoms with Gasteiger partial charge in [-0.15, -0.1) is 11.6 Å². The van der Waals surface area contributed by atoms with E-state index in [1.807, 2.05) is 18.2 Å². The Morgan fingerprint density at radius 2 is 2.08 bits per heavy atom. The smallest absolute Gasteiger partial charge is 0.0596 e. The molecule has 0 saturated carbocycles. The SMILES string of the molecule is CCCCC(Cl)c1ccccc1Br. The highest BCUT2D eigenvalue weighted by Crippen LogP contribution is 2.31. The largest absolute Gasteiger partial charge is 0.118 e. The van der Waals surface area contributed by atoms with E-state index in [1.165, 1.54) is 18.4 Å². The third-order valence-corrected chi connectivity index (χ3v) is 3.23. The number of halogens is 2. The summed E-state index contributed by atoms with van der Waals surface area (Å²) >= 11 is 9.76. The molecule has 72 valence electrons. The molecule has 1 unspecified atom stereocenters. The van der Waals surface area contributed by atoms with Crippen LogP contribution in [0.5, 0.6) is 0 Å². The van der Waals surface area contributed by atoms with Gasteiger partial charge in [-0.2, -0.15) is 0 Å². The van der Waals surface area contributed by atoms with Crippen LogP contribution in [0.1, 0.15) is 37.1 Å². The van der Waals surface area contributed by atoms with E-state index >= 15 is 0 Å². The molecule has 0 saturated heterocycles. The second-order valence-electron chi connectivity index (χ2n) is 3.13. The zero-order chi connectivity index (χ0) is 9.68. The summed E-state index contributed by atoms with van der Waals surface area (Å²) < 4.78 is 1.12. The summed E-state index contributed by atoms with van der Waals surface area (Å²) in [7, 11) is 0. The summed E-state index contributed by atoms with van der Waals surface area (Å²) in [6, 6.07) is 8.16. The predicted octanol–water partition coefficient (Wildman–Crippen LogP) is 4.92. The molecule has 1 aromatic carbocycles. The molecule has 1 aromatic rings. The Labute approximate surface area is 93.4 Å². The highest BCUT2D eigenvalue weighted by Gasteiger charge is 2.09. The molecule has 1 atom stereocenters. The van der Waals surface area contributed by atoms with Gasteiger partial charge >= 0.3 is 0 Å². The molecule has 2 heteroatoms. The molecular weight excluding hydrogens is 247 g/mol. The van der Waals surface area contributed by atoms with Crippen molar-refractivity contribution in [1.82, 2.24) is 0 Å². The van der Waals surface area contributed by atoms with Crippen molar-refractivity contribution in [2.45, 2.75) is 31.6 Å². The molecule has 0 heterocycles. The minimum Gasteiger partial charge on any atom is -0.118 e. The minimum atomic E-state index is 0.149. The van der Waals surface area contributed by atoms with Crippen LogP contribution in [-0.2, 0) is 0 Å². The van der Waals surface area contributed by atoms with Crippen LogP contribution in [0.3, 0.4) is 0 Å². The quantitative estimate of drug-likeness (QED) is 0.675. The average molecular weight is 262 g/mol. The van der Waals surface area contributed by atoms with Gasteiger partial charge in [0.05, 0.1) is 5.38 Å². The minimum absolute atomic E-state index is 0.149. The molecule has 0 aliphatic rings. The van der Waals surface area contributed by atoms with Crippen molar-refractivity contribution in [3.8, 4) is 0 Å². The van der Waals surface area contributed by atoms with Gasteiger partial charge < -0.3 is 0 Å². The molecule has 0 aliphatic carbocycles. The Morgan fingerprint density at radius 3 is 2.69 bits per heavy atom. The van der Waals surface area contributed by atoms with E-state index < -0.39 is 0 Å². The highest BCUT2D eigenvalue weighted by atomic mass is 79.9. The number of benzene rings is 1. The Hall–Kier alpha value is -0.0100. The van der Waals surface area contributed by atoms with Crippen molar-refractivity contribution < 1.29 is 0 Å². The van der Waals surface area contributed by atoms with Crippen LogP contribution in [0.15, 0.2) is 28.7 Å². The normalized spacial score (nSPS) is 12.8. The maximum absolute atomic E-state index is 6.26. The predicted molar refractivity (Wildman–Crippen MR) is 62.3 cm³/mol. The van der Waals surface area contributed by atoms with Crippen LogP contribution in [0, 0.1) is 0 Å².